The van der Waals surface area contributed by atoms with Crippen molar-refractivity contribution in [2.45, 2.75) is 93.9 Å². The minimum absolute atomic E-state index is 0.0606. The summed E-state index contributed by atoms with van der Waals surface area (Å²) in [6.45, 7) is 0.301. The number of hydrogen-bond donors (Lipinski definition) is 9. The molecule has 1 fully saturated rings. The number of nitrogens with zero attached hydrogens (tertiary/aromatic N) is 1. The van der Waals surface area contributed by atoms with E-state index in [1.807, 2.05) is 103 Å². The molecule has 7 rings (SSSR count). The van der Waals surface area contributed by atoms with Crippen LogP contribution in [0.3, 0.4) is 0 Å². The monoisotopic (exact) mass is 973 g/mol. The van der Waals surface area contributed by atoms with E-state index >= 15 is 0 Å². The van der Waals surface area contributed by atoms with Gasteiger partial charge in [-0.25, -0.2) is 0 Å². The van der Waals surface area contributed by atoms with E-state index in [9.17, 15) is 28.8 Å². The third kappa shape index (κ3) is 13.7. The number of aromatic nitrogens is 1. The SMILES string of the molecule is CN(C(=O)[C@H](CCCNC(=N)N)NC(=O)[C@@H](Cc1ccccc1)NC(=O)[C@]1(NC(=O)Cc2ccccc2)CC[C@@H](c2ccccc2)CC1)[C@@H](Cc1c[nH]c2ccccc12)C(=O)NCc1ccc(C(N)=O)cc1. The molecule has 16 nitrogen and oxygen atoms in total. The van der Waals surface area contributed by atoms with Gasteiger partial charge in [-0.2, -0.15) is 0 Å². The largest absolute Gasteiger partial charge is 0.370 e. The predicted molar refractivity (Wildman–Crippen MR) is 277 cm³/mol. The Morgan fingerprint density at radius 3 is 1.99 bits per heavy atom. The van der Waals surface area contributed by atoms with Crippen molar-refractivity contribution in [1.82, 2.24) is 36.5 Å². The number of nitrogens with one attached hydrogen (secondary N) is 7. The first-order valence-corrected chi connectivity index (χ1v) is 24.4. The van der Waals surface area contributed by atoms with Crippen LogP contribution in [0.1, 0.15) is 82.6 Å². The Morgan fingerprint density at radius 1 is 0.708 bits per heavy atom. The number of aromatic amines is 1. The van der Waals surface area contributed by atoms with E-state index in [1.54, 1.807) is 30.5 Å². The van der Waals surface area contributed by atoms with E-state index in [1.165, 1.54) is 11.9 Å². The Bertz CT molecular complexity index is 2810. The highest BCUT2D eigenvalue weighted by atomic mass is 16.2. The summed E-state index contributed by atoms with van der Waals surface area (Å²) >= 11 is 0. The van der Waals surface area contributed by atoms with Crippen molar-refractivity contribution in [1.29, 1.82) is 5.41 Å². The quantitative estimate of drug-likeness (QED) is 0.0257. The molecular weight excluding hydrogens is 909 g/mol. The van der Waals surface area contributed by atoms with Crippen LogP contribution in [-0.2, 0) is 49.8 Å². The molecule has 72 heavy (non-hydrogen) atoms. The van der Waals surface area contributed by atoms with Gasteiger partial charge in [0, 0.05) is 55.6 Å². The summed E-state index contributed by atoms with van der Waals surface area (Å²) in [5.74, 6) is -3.16. The van der Waals surface area contributed by atoms with Gasteiger partial charge < -0.3 is 47.9 Å². The summed E-state index contributed by atoms with van der Waals surface area (Å²) < 4.78 is 0. The molecule has 11 N–H and O–H groups in total. The van der Waals surface area contributed by atoms with Crippen molar-refractivity contribution in [3.63, 3.8) is 0 Å². The van der Waals surface area contributed by atoms with Crippen LogP contribution in [0.4, 0.5) is 0 Å². The molecular formula is C56H64N10O6. The predicted octanol–water partition coefficient (Wildman–Crippen LogP) is 4.88. The molecule has 1 aliphatic rings. The second-order valence-electron chi connectivity index (χ2n) is 18.5. The van der Waals surface area contributed by atoms with Crippen molar-refractivity contribution >= 4 is 52.3 Å². The Morgan fingerprint density at radius 2 is 1.33 bits per heavy atom. The van der Waals surface area contributed by atoms with Gasteiger partial charge in [0.1, 0.15) is 23.7 Å². The zero-order chi connectivity index (χ0) is 51.0. The number of hydrogen-bond acceptors (Lipinski definition) is 7. The summed E-state index contributed by atoms with van der Waals surface area (Å²) in [5.41, 5.74) is 15.0. The van der Waals surface area contributed by atoms with Gasteiger partial charge >= 0.3 is 0 Å². The molecule has 3 atom stereocenters. The third-order valence-electron chi connectivity index (χ3n) is 13.5. The van der Waals surface area contributed by atoms with Crippen LogP contribution in [0.15, 0.2) is 146 Å². The van der Waals surface area contributed by atoms with Crippen molar-refractivity contribution in [2.75, 3.05) is 13.6 Å². The number of H-pyrrole nitrogens is 1. The van der Waals surface area contributed by atoms with Gasteiger partial charge in [0.05, 0.1) is 6.42 Å². The minimum atomic E-state index is -1.34. The third-order valence-corrected chi connectivity index (χ3v) is 13.5. The van der Waals surface area contributed by atoms with Crippen LogP contribution in [0.2, 0.25) is 0 Å². The molecule has 0 spiro atoms. The van der Waals surface area contributed by atoms with E-state index in [0.29, 0.717) is 43.2 Å². The van der Waals surface area contributed by atoms with Crippen LogP contribution in [0.25, 0.3) is 10.9 Å². The first-order chi connectivity index (χ1) is 34.8. The topological polar surface area (TPSA) is 257 Å². The second-order valence-corrected chi connectivity index (χ2v) is 18.5. The molecule has 374 valence electrons. The van der Waals surface area contributed by atoms with Gasteiger partial charge in [-0.1, -0.05) is 121 Å². The van der Waals surface area contributed by atoms with E-state index in [4.69, 9.17) is 16.9 Å². The fourth-order valence-corrected chi connectivity index (χ4v) is 9.49. The lowest BCUT2D eigenvalue weighted by molar-refractivity contribution is -0.142. The van der Waals surface area contributed by atoms with Crippen molar-refractivity contribution < 1.29 is 28.8 Å². The average Bonchev–Trinajstić information content (AvgIpc) is 3.81. The van der Waals surface area contributed by atoms with E-state index in [2.05, 4.69) is 43.7 Å². The van der Waals surface area contributed by atoms with Gasteiger partial charge in [-0.15, -0.1) is 0 Å². The summed E-state index contributed by atoms with van der Waals surface area (Å²) in [4.78, 5) is 89.4. The molecule has 1 aromatic heterocycles. The molecule has 5 aromatic carbocycles. The lowest BCUT2D eigenvalue weighted by Crippen LogP contribution is -2.64. The number of carbonyl (C=O) groups is 6. The zero-order valence-electron chi connectivity index (χ0n) is 40.5. The first-order valence-electron chi connectivity index (χ1n) is 24.4. The lowest BCUT2D eigenvalue weighted by atomic mass is 9.73. The molecule has 16 heteroatoms. The molecule has 0 saturated heterocycles. The summed E-state index contributed by atoms with van der Waals surface area (Å²) in [5, 5.41) is 23.4. The number of rotatable bonds is 22. The number of para-hydroxylation sites is 1. The highest BCUT2D eigenvalue weighted by molar-refractivity contribution is 5.98. The van der Waals surface area contributed by atoms with Gasteiger partial charge in [-0.3, -0.25) is 34.2 Å². The maximum Gasteiger partial charge on any atom is 0.248 e. The van der Waals surface area contributed by atoms with E-state index in [-0.39, 0.29) is 56.6 Å². The van der Waals surface area contributed by atoms with Gasteiger partial charge in [0.2, 0.25) is 35.4 Å². The smallest absolute Gasteiger partial charge is 0.248 e. The van der Waals surface area contributed by atoms with Gasteiger partial charge in [0.25, 0.3) is 0 Å². The van der Waals surface area contributed by atoms with Crippen LogP contribution in [0.5, 0.6) is 0 Å². The standard InChI is InChI=1S/C56H64N10O6/c1-66(48(34-43-36-61-45-21-12-11-20-44(43)45)52(70)62-35-39-23-25-42(26-24-39)50(57)68)53(71)46(22-13-31-60-55(58)59)63-51(69)47(32-37-14-5-2-6-15-37)64-54(72)56(65-49(67)33-38-16-7-3-8-17-38)29-27-41(28-30-56)40-18-9-4-10-19-40/h2-12,14-21,23-26,36,41,46-48,61H,13,22,27-35H2,1H3,(H2,57,68)(H,62,70)(H,63,69)(H,64,72)(H,65,67)(H4,58,59,60)/t41-,46-,47+,48-,56+/m0/s1. The normalized spacial score (nSPS) is 16.5. The number of benzene rings is 5. The van der Waals surface area contributed by atoms with Crippen LogP contribution >= 0.6 is 0 Å². The molecule has 6 amide bonds. The number of carbonyl (C=O) groups excluding carboxylic acids is 6. The van der Waals surface area contributed by atoms with Crippen LogP contribution < -0.4 is 38.1 Å². The number of amides is 6. The van der Waals surface area contributed by atoms with Crippen molar-refractivity contribution in [2.24, 2.45) is 11.5 Å². The van der Waals surface area contributed by atoms with E-state index in [0.717, 1.165) is 33.2 Å². The summed E-state index contributed by atoms with van der Waals surface area (Å²) in [6, 6.07) is 39.3. The van der Waals surface area contributed by atoms with Crippen LogP contribution in [-0.4, -0.2) is 88.5 Å². The summed E-state index contributed by atoms with van der Waals surface area (Å²) in [7, 11) is 1.52. The van der Waals surface area contributed by atoms with Crippen molar-refractivity contribution in [3.05, 3.63) is 179 Å². The molecule has 1 saturated carbocycles. The number of likely N-dealkylation sites (N-methyl/N-ethyl adjacent to an activating group) is 1. The number of fused-ring (bicyclic) bond motifs is 1. The minimum Gasteiger partial charge on any atom is -0.370 e. The summed E-state index contributed by atoms with van der Waals surface area (Å²) in [6.07, 6.45) is 4.29. The molecule has 0 bridgehead atoms. The molecule has 6 aromatic rings. The highest BCUT2D eigenvalue weighted by Crippen LogP contribution is 2.38. The fraction of sp³-hybridized carbons (Fsp3) is 0.304. The molecule has 1 aliphatic carbocycles. The first kappa shape index (κ1) is 51.6. The molecule has 0 aliphatic heterocycles. The maximum absolute atomic E-state index is 15.0. The van der Waals surface area contributed by atoms with Crippen LogP contribution in [0, 0.1) is 5.41 Å². The van der Waals surface area contributed by atoms with Gasteiger partial charge in [0.15, 0.2) is 5.96 Å². The van der Waals surface area contributed by atoms with E-state index < -0.39 is 53.2 Å². The fourth-order valence-electron chi connectivity index (χ4n) is 9.49. The zero-order valence-corrected chi connectivity index (χ0v) is 40.5. The Kier molecular flexibility index (Phi) is 17.6. The molecule has 1 heterocycles. The molecule has 0 radical (unpaired) electrons. The van der Waals surface area contributed by atoms with Crippen molar-refractivity contribution in [3.8, 4) is 0 Å². The maximum atomic E-state index is 15.0. The Balaban J connectivity index is 1.16. The molecule has 0 unspecified atom stereocenters. The highest BCUT2D eigenvalue weighted by Gasteiger charge is 2.45. The number of primary amides is 1. The van der Waals surface area contributed by atoms with Gasteiger partial charge in [-0.05, 0) is 90.5 Å². The number of guanidine groups is 1. The average molecular weight is 973 g/mol. The lowest BCUT2D eigenvalue weighted by Gasteiger charge is -2.40. The Hall–Kier alpha value is -8.27. The number of nitrogens with two attached hydrogens (primary N) is 2. The Labute approximate surface area is 419 Å². The second kappa shape index (κ2) is 24.5.